The summed E-state index contributed by atoms with van der Waals surface area (Å²) in [6.07, 6.45) is 2.09. The minimum Gasteiger partial charge on any atom is -0.507 e. The molecule has 0 spiro atoms. The third kappa shape index (κ3) is 2.63. The van der Waals surface area contributed by atoms with Crippen molar-refractivity contribution in [3.63, 3.8) is 0 Å². The van der Waals surface area contributed by atoms with Crippen LogP contribution in [0.1, 0.15) is 42.0 Å². The summed E-state index contributed by atoms with van der Waals surface area (Å²) in [5.41, 5.74) is 7.47. The number of phenols is 1. The van der Waals surface area contributed by atoms with Gasteiger partial charge in [-0.05, 0) is 76.4 Å². The van der Waals surface area contributed by atoms with Crippen molar-refractivity contribution in [2.45, 2.75) is 39.5 Å². The van der Waals surface area contributed by atoms with Gasteiger partial charge in [-0.2, -0.15) is 0 Å². The highest BCUT2D eigenvalue weighted by atomic mass is 16.3. The van der Waals surface area contributed by atoms with Gasteiger partial charge in [0.25, 0.3) is 5.56 Å². The van der Waals surface area contributed by atoms with Gasteiger partial charge in [0.1, 0.15) is 5.75 Å². The van der Waals surface area contributed by atoms with Gasteiger partial charge in [0.15, 0.2) is 0 Å². The van der Waals surface area contributed by atoms with Crippen LogP contribution in [0.25, 0.3) is 33.2 Å². The second-order valence-corrected chi connectivity index (χ2v) is 8.32. The zero-order chi connectivity index (χ0) is 20.3. The number of benzene rings is 3. The maximum atomic E-state index is 12.9. The Labute approximate surface area is 169 Å². The first-order chi connectivity index (χ1) is 14.0. The molecule has 0 bridgehead atoms. The van der Waals surface area contributed by atoms with Gasteiger partial charge in [0, 0.05) is 5.56 Å². The molecule has 4 nitrogen and oxygen atoms in total. The van der Waals surface area contributed by atoms with Gasteiger partial charge < -0.3 is 5.11 Å². The number of hydrogen-bond acceptors (Lipinski definition) is 2. The molecule has 5 rings (SSSR count). The average molecular weight is 384 g/mol. The minimum atomic E-state index is -0.176. The van der Waals surface area contributed by atoms with E-state index >= 15 is 0 Å². The van der Waals surface area contributed by atoms with Crippen molar-refractivity contribution in [2.75, 3.05) is 0 Å². The molecule has 3 aromatic carbocycles. The summed E-state index contributed by atoms with van der Waals surface area (Å²) in [5.74, 6) is 0.495. The standard InChI is InChI=1S/C25H24N2O2/c1-13(2)19-12-20(21(28)11-14(19)3)24-23(25(29)27-26-24)18-10-9-16-8-7-15-5-4-6-17(18)22(15)16/h4-6,9-13,28H,7-8H2,1-3H3,(H2,26,27,29). The van der Waals surface area contributed by atoms with E-state index in [9.17, 15) is 9.90 Å². The molecule has 1 aromatic heterocycles. The van der Waals surface area contributed by atoms with Crippen molar-refractivity contribution in [2.24, 2.45) is 0 Å². The SMILES string of the molecule is Cc1cc(O)c(-c2[nH][nH]c(=O)c2-c2ccc3c4c(cccc24)CC3)cc1C(C)C. The number of phenolic OH excluding ortho intramolecular Hbond substituents is 1. The lowest BCUT2D eigenvalue weighted by Gasteiger charge is -2.15. The van der Waals surface area contributed by atoms with Crippen LogP contribution < -0.4 is 5.56 Å². The average Bonchev–Trinajstić information content (AvgIpc) is 3.27. The minimum absolute atomic E-state index is 0.175. The number of rotatable bonds is 3. The van der Waals surface area contributed by atoms with E-state index in [1.807, 2.05) is 19.1 Å². The van der Waals surface area contributed by atoms with Crippen LogP contribution in [-0.2, 0) is 12.8 Å². The Kier molecular flexibility index (Phi) is 3.91. The van der Waals surface area contributed by atoms with Gasteiger partial charge in [-0.15, -0.1) is 0 Å². The van der Waals surface area contributed by atoms with Crippen LogP contribution in [0.4, 0.5) is 0 Å². The normalized spacial score (nSPS) is 13.0. The Bertz CT molecular complexity index is 1310. The first-order valence-electron chi connectivity index (χ1n) is 10.1. The summed E-state index contributed by atoms with van der Waals surface area (Å²) in [5, 5.41) is 18.8. The molecule has 0 fully saturated rings. The van der Waals surface area contributed by atoms with Crippen LogP contribution in [-0.4, -0.2) is 15.3 Å². The van der Waals surface area contributed by atoms with Crippen LogP contribution in [0.5, 0.6) is 5.75 Å². The molecule has 4 heteroatoms. The summed E-state index contributed by atoms with van der Waals surface area (Å²) in [4.78, 5) is 12.9. The number of aromatic nitrogens is 2. The zero-order valence-corrected chi connectivity index (χ0v) is 16.9. The van der Waals surface area contributed by atoms with E-state index in [4.69, 9.17) is 0 Å². The van der Waals surface area contributed by atoms with Crippen molar-refractivity contribution in [1.82, 2.24) is 10.2 Å². The molecule has 0 saturated carbocycles. The van der Waals surface area contributed by atoms with E-state index < -0.39 is 0 Å². The van der Waals surface area contributed by atoms with Crippen LogP contribution in [0, 0.1) is 6.92 Å². The van der Waals surface area contributed by atoms with Crippen molar-refractivity contribution in [3.05, 3.63) is 75.1 Å². The molecule has 3 N–H and O–H groups in total. The maximum Gasteiger partial charge on any atom is 0.272 e. The first kappa shape index (κ1) is 17.8. The molecular weight excluding hydrogens is 360 g/mol. The number of H-pyrrole nitrogens is 2. The van der Waals surface area contributed by atoms with E-state index in [0.717, 1.165) is 34.9 Å². The Hall–Kier alpha value is -3.27. The summed E-state index contributed by atoms with van der Waals surface area (Å²) in [6, 6.07) is 14.3. The molecule has 0 amide bonds. The van der Waals surface area contributed by atoms with Crippen LogP contribution in [0.3, 0.4) is 0 Å². The lowest BCUT2D eigenvalue weighted by Crippen LogP contribution is -2.02. The van der Waals surface area contributed by atoms with Gasteiger partial charge in [-0.25, -0.2) is 0 Å². The molecular formula is C25H24N2O2. The molecule has 1 aliphatic carbocycles. The molecule has 29 heavy (non-hydrogen) atoms. The number of nitrogens with one attached hydrogen (secondary N) is 2. The van der Waals surface area contributed by atoms with E-state index in [1.54, 1.807) is 6.07 Å². The van der Waals surface area contributed by atoms with E-state index in [1.165, 1.54) is 16.5 Å². The Balaban J connectivity index is 1.80. The second-order valence-electron chi connectivity index (χ2n) is 8.32. The summed E-state index contributed by atoms with van der Waals surface area (Å²) in [6.45, 7) is 6.27. The molecule has 4 aromatic rings. The molecule has 0 radical (unpaired) electrons. The highest BCUT2D eigenvalue weighted by molar-refractivity contribution is 6.03. The topological polar surface area (TPSA) is 68.9 Å². The summed E-state index contributed by atoms with van der Waals surface area (Å²) in [7, 11) is 0. The van der Waals surface area contributed by atoms with Crippen LogP contribution in [0.15, 0.2) is 47.3 Å². The van der Waals surface area contributed by atoms with Gasteiger partial charge in [-0.1, -0.05) is 44.2 Å². The van der Waals surface area contributed by atoms with Crippen LogP contribution >= 0.6 is 0 Å². The summed E-state index contributed by atoms with van der Waals surface area (Å²) >= 11 is 0. The van der Waals surface area contributed by atoms with E-state index in [2.05, 4.69) is 48.3 Å². The highest BCUT2D eigenvalue weighted by Crippen LogP contribution is 2.41. The second kappa shape index (κ2) is 6.38. The fourth-order valence-electron chi connectivity index (χ4n) is 4.81. The lowest BCUT2D eigenvalue weighted by atomic mass is 9.90. The monoisotopic (exact) mass is 384 g/mol. The smallest absolute Gasteiger partial charge is 0.272 e. The predicted molar refractivity (Wildman–Crippen MR) is 118 cm³/mol. The van der Waals surface area contributed by atoms with Crippen molar-refractivity contribution >= 4 is 10.8 Å². The fourth-order valence-corrected chi connectivity index (χ4v) is 4.81. The van der Waals surface area contributed by atoms with Gasteiger partial charge in [-0.3, -0.25) is 15.0 Å². The Morgan fingerprint density at radius 3 is 2.48 bits per heavy atom. The number of aryl methyl sites for hydroxylation is 3. The Morgan fingerprint density at radius 2 is 1.72 bits per heavy atom. The largest absolute Gasteiger partial charge is 0.507 e. The third-order valence-electron chi connectivity index (χ3n) is 6.20. The van der Waals surface area contributed by atoms with Gasteiger partial charge >= 0.3 is 0 Å². The maximum absolute atomic E-state index is 12.9. The van der Waals surface area contributed by atoms with Gasteiger partial charge in [0.05, 0.1) is 11.3 Å². The molecule has 0 atom stereocenters. The third-order valence-corrected chi connectivity index (χ3v) is 6.20. The molecule has 1 aliphatic rings. The quantitative estimate of drug-likeness (QED) is 0.441. The van der Waals surface area contributed by atoms with Crippen molar-refractivity contribution in [3.8, 4) is 28.1 Å². The fraction of sp³-hybridized carbons (Fsp3) is 0.240. The van der Waals surface area contributed by atoms with E-state index in [0.29, 0.717) is 22.7 Å². The predicted octanol–water partition coefficient (Wildman–Crippen LogP) is 5.43. The zero-order valence-electron chi connectivity index (χ0n) is 16.9. The Morgan fingerprint density at radius 1 is 0.966 bits per heavy atom. The molecule has 0 saturated heterocycles. The number of aromatic amines is 2. The van der Waals surface area contributed by atoms with Crippen molar-refractivity contribution in [1.29, 1.82) is 0 Å². The summed E-state index contributed by atoms with van der Waals surface area (Å²) < 4.78 is 0. The molecule has 146 valence electrons. The number of aromatic hydroxyl groups is 1. The van der Waals surface area contributed by atoms with Crippen LogP contribution in [0.2, 0.25) is 0 Å². The molecule has 0 aliphatic heterocycles. The molecule has 0 unspecified atom stereocenters. The number of hydrogen-bond donors (Lipinski definition) is 3. The first-order valence-corrected chi connectivity index (χ1v) is 10.1. The van der Waals surface area contributed by atoms with Gasteiger partial charge in [0.2, 0.25) is 0 Å². The van der Waals surface area contributed by atoms with Crippen molar-refractivity contribution < 1.29 is 5.11 Å². The van der Waals surface area contributed by atoms with E-state index in [-0.39, 0.29) is 11.3 Å². The molecule has 1 heterocycles. The lowest BCUT2D eigenvalue weighted by molar-refractivity contribution is 0.476. The highest BCUT2D eigenvalue weighted by Gasteiger charge is 2.23.